The quantitative estimate of drug-likeness (QED) is 0.805. The van der Waals surface area contributed by atoms with Crippen LogP contribution in [-0.4, -0.2) is 25.5 Å². The summed E-state index contributed by atoms with van der Waals surface area (Å²) in [5, 5.41) is 6.51. The van der Waals surface area contributed by atoms with Crippen LogP contribution in [0.2, 0.25) is 0 Å². The van der Waals surface area contributed by atoms with E-state index in [9.17, 15) is 13.2 Å². The number of carbonyl (C=O) groups excluding carboxylic acids is 1. The summed E-state index contributed by atoms with van der Waals surface area (Å²) in [5.41, 5.74) is 2.40. The first-order valence-corrected chi connectivity index (χ1v) is 9.63. The number of carbonyl (C=O) groups is 1. The SMILES string of the molecule is CC(=O)Nc1c(C)noc1/C=C\c1ccc(C)c(S(=O)(=O)NC(C)C)c1. The molecular formula is C18H23N3O4S. The first kappa shape index (κ1) is 19.9. The molecule has 1 aromatic carbocycles. The van der Waals surface area contributed by atoms with E-state index in [1.165, 1.54) is 6.92 Å². The van der Waals surface area contributed by atoms with E-state index in [1.807, 2.05) is 6.07 Å². The second-order valence-electron chi connectivity index (χ2n) is 6.32. The van der Waals surface area contributed by atoms with Crippen molar-refractivity contribution in [2.45, 2.75) is 45.6 Å². The van der Waals surface area contributed by atoms with E-state index in [4.69, 9.17) is 4.52 Å². The standard InChI is InChI=1S/C18H23N3O4S/c1-11(2)21-26(23,24)17-10-15(7-6-12(17)3)8-9-16-18(19-14(5)22)13(4)20-25-16/h6-11,21H,1-5H3,(H,19,22)/b9-8-. The predicted molar refractivity (Wildman–Crippen MR) is 101 cm³/mol. The lowest BCUT2D eigenvalue weighted by atomic mass is 10.1. The lowest BCUT2D eigenvalue weighted by Crippen LogP contribution is -2.30. The summed E-state index contributed by atoms with van der Waals surface area (Å²) >= 11 is 0. The highest BCUT2D eigenvalue weighted by atomic mass is 32.2. The van der Waals surface area contributed by atoms with Crippen LogP contribution in [0.3, 0.4) is 0 Å². The minimum atomic E-state index is -3.59. The third-order valence-electron chi connectivity index (χ3n) is 3.51. The van der Waals surface area contributed by atoms with Crippen molar-refractivity contribution in [3.8, 4) is 0 Å². The van der Waals surface area contributed by atoms with Crippen LogP contribution in [-0.2, 0) is 14.8 Å². The van der Waals surface area contributed by atoms with Gasteiger partial charge in [-0.15, -0.1) is 0 Å². The molecule has 0 aliphatic carbocycles. The van der Waals surface area contributed by atoms with Crippen molar-refractivity contribution >= 4 is 33.8 Å². The molecule has 0 saturated carbocycles. The number of hydrogen-bond donors (Lipinski definition) is 2. The zero-order chi connectivity index (χ0) is 19.5. The number of sulfonamides is 1. The van der Waals surface area contributed by atoms with Gasteiger partial charge in [0, 0.05) is 13.0 Å². The highest BCUT2D eigenvalue weighted by molar-refractivity contribution is 7.89. The Morgan fingerprint density at radius 2 is 1.92 bits per heavy atom. The predicted octanol–water partition coefficient (Wildman–Crippen LogP) is 3.11. The number of hydrogen-bond acceptors (Lipinski definition) is 5. The monoisotopic (exact) mass is 377 g/mol. The third-order valence-corrected chi connectivity index (χ3v) is 5.31. The van der Waals surface area contributed by atoms with Gasteiger partial charge in [-0.2, -0.15) is 0 Å². The van der Waals surface area contributed by atoms with Gasteiger partial charge in [-0.1, -0.05) is 23.4 Å². The molecule has 2 aromatic rings. The summed E-state index contributed by atoms with van der Waals surface area (Å²) in [7, 11) is -3.59. The summed E-state index contributed by atoms with van der Waals surface area (Å²) in [4.78, 5) is 11.5. The minimum Gasteiger partial charge on any atom is -0.354 e. The van der Waals surface area contributed by atoms with Gasteiger partial charge < -0.3 is 9.84 Å². The molecule has 1 aromatic heterocycles. The number of amides is 1. The van der Waals surface area contributed by atoms with Crippen molar-refractivity contribution < 1.29 is 17.7 Å². The zero-order valence-corrected chi connectivity index (χ0v) is 16.3. The smallest absolute Gasteiger partial charge is 0.241 e. The fourth-order valence-electron chi connectivity index (χ4n) is 2.38. The molecule has 8 heteroatoms. The van der Waals surface area contributed by atoms with Gasteiger partial charge in [0.2, 0.25) is 15.9 Å². The molecule has 1 heterocycles. The molecule has 0 aliphatic rings. The Morgan fingerprint density at radius 3 is 2.54 bits per heavy atom. The average molecular weight is 377 g/mol. The second kappa shape index (κ2) is 7.84. The average Bonchev–Trinajstić information content (AvgIpc) is 2.85. The van der Waals surface area contributed by atoms with Gasteiger partial charge >= 0.3 is 0 Å². The Balaban J connectivity index is 2.36. The number of aryl methyl sites for hydroxylation is 2. The highest BCUT2D eigenvalue weighted by Crippen LogP contribution is 2.24. The van der Waals surface area contributed by atoms with E-state index in [-0.39, 0.29) is 16.8 Å². The molecule has 0 bridgehead atoms. The van der Waals surface area contributed by atoms with Crippen molar-refractivity contribution in [1.29, 1.82) is 0 Å². The van der Waals surface area contributed by atoms with Gasteiger partial charge in [-0.05, 0) is 51.0 Å². The number of aromatic nitrogens is 1. The molecule has 0 unspecified atom stereocenters. The van der Waals surface area contributed by atoms with Crippen molar-refractivity contribution in [2.24, 2.45) is 0 Å². The van der Waals surface area contributed by atoms with Crippen LogP contribution in [0.5, 0.6) is 0 Å². The largest absolute Gasteiger partial charge is 0.354 e. The van der Waals surface area contributed by atoms with Gasteiger partial charge in [0.15, 0.2) is 5.76 Å². The number of rotatable bonds is 6. The Labute approximate surface area is 153 Å². The number of anilines is 1. The van der Waals surface area contributed by atoms with Crippen molar-refractivity contribution in [3.63, 3.8) is 0 Å². The van der Waals surface area contributed by atoms with Crippen molar-refractivity contribution in [1.82, 2.24) is 9.88 Å². The third kappa shape index (κ3) is 4.80. The minimum absolute atomic E-state index is 0.198. The van der Waals surface area contributed by atoms with E-state index >= 15 is 0 Å². The summed E-state index contributed by atoms with van der Waals surface area (Å²) in [6.45, 7) is 8.41. The normalized spacial score (nSPS) is 12.1. The van der Waals surface area contributed by atoms with E-state index < -0.39 is 10.0 Å². The maximum atomic E-state index is 12.5. The van der Waals surface area contributed by atoms with Crippen LogP contribution in [0.4, 0.5) is 5.69 Å². The molecule has 2 rings (SSSR count). The number of nitrogens with zero attached hydrogens (tertiary/aromatic N) is 1. The van der Waals surface area contributed by atoms with Crippen molar-refractivity contribution in [3.05, 3.63) is 40.8 Å². The molecule has 0 saturated heterocycles. The van der Waals surface area contributed by atoms with E-state index in [0.29, 0.717) is 28.3 Å². The Hall–Kier alpha value is -2.45. The summed E-state index contributed by atoms with van der Waals surface area (Å²) in [6, 6.07) is 4.95. The van der Waals surface area contributed by atoms with Gasteiger partial charge in [-0.3, -0.25) is 4.79 Å². The molecule has 140 valence electrons. The van der Waals surface area contributed by atoms with E-state index in [2.05, 4.69) is 15.2 Å². The second-order valence-corrected chi connectivity index (χ2v) is 8.01. The molecule has 0 aliphatic heterocycles. The summed E-state index contributed by atoms with van der Waals surface area (Å²) < 4.78 is 32.7. The number of benzene rings is 1. The maximum Gasteiger partial charge on any atom is 0.241 e. The van der Waals surface area contributed by atoms with Gasteiger partial charge in [-0.25, -0.2) is 13.1 Å². The molecule has 26 heavy (non-hydrogen) atoms. The van der Waals surface area contributed by atoms with Crippen LogP contribution in [0.1, 0.15) is 43.4 Å². The number of nitrogens with one attached hydrogen (secondary N) is 2. The van der Waals surface area contributed by atoms with Crippen LogP contribution in [0.25, 0.3) is 12.2 Å². The fourth-order valence-corrected chi connectivity index (χ4v) is 3.92. The van der Waals surface area contributed by atoms with E-state index in [0.717, 1.165) is 0 Å². The molecular weight excluding hydrogens is 354 g/mol. The van der Waals surface area contributed by atoms with Crippen LogP contribution < -0.4 is 10.0 Å². The van der Waals surface area contributed by atoms with Gasteiger partial charge in [0.1, 0.15) is 11.4 Å². The highest BCUT2D eigenvalue weighted by Gasteiger charge is 2.18. The molecule has 0 fully saturated rings. The van der Waals surface area contributed by atoms with Crippen molar-refractivity contribution in [2.75, 3.05) is 5.32 Å². The first-order chi connectivity index (χ1) is 12.1. The zero-order valence-electron chi connectivity index (χ0n) is 15.5. The molecule has 0 atom stereocenters. The summed E-state index contributed by atoms with van der Waals surface area (Å²) in [5.74, 6) is 0.164. The fraction of sp³-hybridized carbons (Fsp3) is 0.333. The Morgan fingerprint density at radius 1 is 1.23 bits per heavy atom. The van der Waals surface area contributed by atoms with E-state index in [1.54, 1.807) is 52.0 Å². The van der Waals surface area contributed by atoms with Gasteiger partial charge in [0.05, 0.1) is 4.90 Å². The molecule has 0 spiro atoms. The van der Waals surface area contributed by atoms with Crippen LogP contribution >= 0.6 is 0 Å². The lowest BCUT2D eigenvalue weighted by Gasteiger charge is -2.12. The van der Waals surface area contributed by atoms with Gasteiger partial charge in [0.25, 0.3) is 0 Å². The molecule has 7 nitrogen and oxygen atoms in total. The molecule has 2 N–H and O–H groups in total. The molecule has 0 radical (unpaired) electrons. The first-order valence-electron chi connectivity index (χ1n) is 8.15. The summed E-state index contributed by atoms with van der Waals surface area (Å²) in [6.07, 6.45) is 3.35. The molecule has 1 amide bonds. The Bertz CT molecular complexity index is 943. The topological polar surface area (TPSA) is 101 Å². The maximum absolute atomic E-state index is 12.5. The van der Waals surface area contributed by atoms with Crippen LogP contribution in [0, 0.1) is 13.8 Å². The van der Waals surface area contributed by atoms with Crippen LogP contribution in [0.15, 0.2) is 27.6 Å². The lowest BCUT2D eigenvalue weighted by molar-refractivity contribution is -0.114. The Kier molecular flexibility index (Phi) is 5.99.